The third-order valence-electron chi connectivity index (χ3n) is 3.53. The minimum Gasteiger partial charge on any atom is -0.467 e. The van der Waals surface area contributed by atoms with Gasteiger partial charge >= 0.3 is 6.01 Å². The first-order valence-corrected chi connectivity index (χ1v) is 7.16. The van der Waals surface area contributed by atoms with Gasteiger partial charge in [-0.05, 0) is 24.5 Å². The van der Waals surface area contributed by atoms with Crippen molar-refractivity contribution >= 4 is 11.9 Å². The van der Waals surface area contributed by atoms with Crippen molar-refractivity contribution in [2.45, 2.75) is 19.9 Å². The van der Waals surface area contributed by atoms with E-state index in [0.717, 1.165) is 26.1 Å². The number of rotatable bonds is 4. The van der Waals surface area contributed by atoms with Gasteiger partial charge in [0.1, 0.15) is 0 Å². The fourth-order valence-corrected chi connectivity index (χ4v) is 2.48. The highest BCUT2D eigenvalue weighted by atomic mass is 16.5. The lowest BCUT2D eigenvalue weighted by Crippen LogP contribution is -2.32. The Morgan fingerprint density at radius 2 is 2.00 bits per heavy atom. The summed E-state index contributed by atoms with van der Waals surface area (Å²) >= 11 is 0. The van der Waals surface area contributed by atoms with Gasteiger partial charge in [0.25, 0.3) is 0 Å². The van der Waals surface area contributed by atoms with Gasteiger partial charge in [-0.1, -0.05) is 24.3 Å². The molecule has 0 fully saturated rings. The molecule has 1 N–H and O–H groups in total. The molecule has 1 aromatic heterocycles. The molecule has 1 aliphatic heterocycles. The molecule has 0 saturated heterocycles. The van der Waals surface area contributed by atoms with Gasteiger partial charge in [-0.2, -0.15) is 15.0 Å². The van der Waals surface area contributed by atoms with Crippen molar-refractivity contribution in [3.8, 4) is 6.01 Å². The van der Waals surface area contributed by atoms with Gasteiger partial charge < -0.3 is 15.0 Å². The molecule has 3 rings (SSSR count). The van der Waals surface area contributed by atoms with E-state index in [0.29, 0.717) is 17.9 Å². The lowest BCUT2D eigenvalue weighted by molar-refractivity contribution is 0.378. The first kappa shape index (κ1) is 13.6. The Bertz CT molecular complexity index is 631. The van der Waals surface area contributed by atoms with E-state index in [1.165, 1.54) is 11.1 Å². The zero-order valence-corrected chi connectivity index (χ0v) is 12.3. The number of fused-ring (bicyclic) bond motifs is 1. The number of anilines is 2. The average molecular weight is 285 g/mol. The van der Waals surface area contributed by atoms with Gasteiger partial charge in [0.2, 0.25) is 11.9 Å². The van der Waals surface area contributed by atoms with Crippen LogP contribution in [0.4, 0.5) is 11.9 Å². The van der Waals surface area contributed by atoms with Crippen molar-refractivity contribution < 1.29 is 4.74 Å². The van der Waals surface area contributed by atoms with E-state index in [1.54, 1.807) is 7.11 Å². The lowest BCUT2D eigenvalue weighted by atomic mass is 10.0. The van der Waals surface area contributed by atoms with Crippen molar-refractivity contribution in [2.75, 3.05) is 30.4 Å². The van der Waals surface area contributed by atoms with E-state index in [9.17, 15) is 0 Å². The molecule has 6 heteroatoms. The van der Waals surface area contributed by atoms with E-state index in [2.05, 4.69) is 49.4 Å². The van der Waals surface area contributed by atoms with Gasteiger partial charge in [0, 0.05) is 19.6 Å². The quantitative estimate of drug-likeness (QED) is 0.925. The van der Waals surface area contributed by atoms with Crippen molar-refractivity contribution in [2.24, 2.45) is 0 Å². The molecule has 1 aliphatic rings. The van der Waals surface area contributed by atoms with Crippen LogP contribution in [0, 0.1) is 0 Å². The predicted octanol–water partition coefficient (Wildman–Crippen LogP) is 1.87. The maximum absolute atomic E-state index is 5.17. The Kier molecular flexibility index (Phi) is 3.85. The van der Waals surface area contributed by atoms with Crippen LogP contribution in [-0.4, -0.2) is 35.2 Å². The number of methoxy groups -OCH3 is 1. The summed E-state index contributed by atoms with van der Waals surface area (Å²) in [4.78, 5) is 15.2. The van der Waals surface area contributed by atoms with Crippen molar-refractivity contribution in [1.29, 1.82) is 0 Å². The Hall–Kier alpha value is -2.37. The first-order chi connectivity index (χ1) is 10.3. The molecule has 110 valence electrons. The first-order valence-electron chi connectivity index (χ1n) is 7.16. The number of nitrogens with one attached hydrogen (secondary N) is 1. The molecule has 0 radical (unpaired) electrons. The highest BCUT2D eigenvalue weighted by Crippen LogP contribution is 2.23. The molecule has 0 atom stereocenters. The van der Waals surface area contributed by atoms with E-state index in [-0.39, 0.29) is 0 Å². The minimum atomic E-state index is 0.342. The van der Waals surface area contributed by atoms with Gasteiger partial charge in [0.05, 0.1) is 7.11 Å². The smallest absolute Gasteiger partial charge is 0.322 e. The predicted molar refractivity (Wildman–Crippen MR) is 81.7 cm³/mol. The molecule has 6 nitrogen and oxygen atoms in total. The number of hydrogen-bond acceptors (Lipinski definition) is 6. The average Bonchev–Trinajstić information content (AvgIpc) is 2.54. The molecule has 0 saturated carbocycles. The molecule has 2 aromatic rings. The molecule has 0 aliphatic carbocycles. The Morgan fingerprint density at radius 3 is 2.76 bits per heavy atom. The second-order valence-electron chi connectivity index (χ2n) is 4.92. The summed E-state index contributed by atoms with van der Waals surface area (Å²) in [6, 6.07) is 8.84. The summed E-state index contributed by atoms with van der Waals surface area (Å²) in [5, 5.41) is 3.11. The molecular formula is C15H19N5O. The van der Waals surface area contributed by atoms with Crippen LogP contribution in [0.3, 0.4) is 0 Å². The van der Waals surface area contributed by atoms with Gasteiger partial charge in [-0.3, -0.25) is 0 Å². The van der Waals surface area contributed by atoms with Crippen LogP contribution < -0.4 is 15.0 Å². The van der Waals surface area contributed by atoms with Crippen LogP contribution in [0.2, 0.25) is 0 Å². The fourth-order valence-electron chi connectivity index (χ4n) is 2.48. The normalized spacial score (nSPS) is 13.7. The highest BCUT2D eigenvalue weighted by molar-refractivity contribution is 5.43. The van der Waals surface area contributed by atoms with Crippen LogP contribution in [-0.2, 0) is 13.0 Å². The lowest BCUT2D eigenvalue weighted by Gasteiger charge is -2.28. The van der Waals surface area contributed by atoms with Crippen LogP contribution in [0.15, 0.2) is 24.3 Å². The zero-order valence-electron chi connectivity index (χ0n) is 12.3. The third-order valence-corrected chi connectivity index (χ3v) is 3.53. The number of nitrogens with zero attached hydrogens (tertiary/aromatic N) is 4. The SMILES string of the molecule is CCNc1nc(OC)nc(N2CCc3ccccc3C2)n1. The molecule has 0 spiro atoms. The molecule has 1 aromatic carbocycles. The van der Waals surface area contributed by atoms with Crippen LogP contribution in [0.25, 0.3) is 0 Å². The summed E-state index contributed by atoms with van der Waals surface area (Å²) < 4.78 is 5.17. The summed E-state index contributed by atoms with van der Waals surface area (Å²) in [5.41, 5.74) is 2.73. The summed E-state index contributed by atoms with van der Waals surface area (Å²) in [6.07, 6.45) is 1.00. The monoisotopic (exact) mass is 285 g/mol. The van der Waals surface area contributed by atoms with E-state index in [4.69, 9.17) is 4.74 Å². The maximum atomic E-state index is 5.17. The van der Waals surface area contributed by atoms with Crippen LogP contribution in [0.5, 0.6) is 6.01 Å². The topological polar surface area (TPSA) is 63.2 Å². The standard InChI is InChI=1S/C15H19N5O/c1-3-16-13-17-14(19-15(18-13)21-2)20-9-8-11-6-4-5-7-12(11)10-20/h4-7H,3,8-10H2,1-2H3,(H,16,17,18,19). The van der Waals surface area contributed by atoms with Crippen molar-refractivity contribution in [3.05, 3.63) is 35.4 Å². The molecule has 0 bridgehead atoms. The van der Waals surface area contributed by atoms with Gasteiger partial charge in [-0.25, -0.2) is 0 Å². The number of benzene rings is 1. The maximum Gasteiger partial charge on any atom is 0.322 e. The highest BCUT2D eigenvalue weighted by Gasteiger charge is 2.19. The Labute approximate surface area is 124 Å². The summed E-state index contributed by atoms with van der Waals surface area (Å²) in [6.45, 7) is 4.48. The van der Waals surface area contributed by atoms with Crippen LogP contribution in [0.1, 0.15) is 18.1 Å². The second-order valence-corrected chi connectivity index (χ2v) is 4.92. The number of hydrogen-bond donors (Lipinski definition) is 1. The molecule has 0 unspecified atom stereocenters. The number of ether oxygens (including phenoxy) is 1. The van der Waals surface area contributed by atoms with E-state index in [1.807, 2.05) is 6.92 Å². The van der Waals surface area contributed by atoms with E-state index < -0.39 is 0 Å². The second kappa shape index (κ2) is 5.95. The summed E-state index contributed by atoms with van der Waals surface area (Å²) in [7, 11) is 1.57. The number of aromatic nitrogens is 3. The van der Waals surface area contributed by atoms with Crippen molar-refractivity contribution in [3.63, 3.8) is 0 Å². The van der Waals surface area contributed by atoms with Gasteiger partial charge in [-0.15, -0.1) is 0 Å². The largest absolute Gasteiger partial charge is 0.467 e. The summed E-state index contributed by atoms with van der Waals surface area (Å²) in [5.74, 6) is 1.21. The molecule has 21 heavy (non-hydrogen) atoms. The molecule has 0 amide bonds. The third kappa shape index (κ3) is 2.89. The Morgan fingerprint density at radius 1 is 1.19 bits per heavy atom. The van der Waals surface area contributed by atoms with E-state index >= 15 is 0 Å². The zero-order chi connectivity index (χ0) is 14.7. The Balaban J connectivity index is 1.89. The minimum absolute atomic E-state index is 0.342. The molecule has 2 heterocycles. The molecular weight excluding hydrogens is 266 g/mol. The van der Waals surface area contributed by atoms with Crippen LogP contribution >= 0.6 is 0 Å². The fraction of sp³-hybridized carbons (Fsp3) is 0.400. The van der Waals surface area contributed by atoms with Crippen molar-refractivity contribution in [1.82, 2.24) is 15.0 Å². The van der Waals surface area contributed by atoms with Gasteiger partial charge in [0.15, 0.2) is 0 Å².